The molecule has 2 aromatic heterocycles. The number of carbonyl (C=O) groups excluding carboxylic acids is 2. The normalized spacial score (nSPS) is 15.2. The number of hydrogen-bond acceptors (Lipinski definition) is 7. The summed E-state index contributed by atoms with van der Waals surface area (Å²) in [5.74, 6) is 5.88. The number of furan rings is 1. The van der Waals surface area contributed by atoms with E-state index in [2.05, 4.69) is 26.9 Å². The van der Waals surface area contributed by atoms with Crippen LogP contribution in [0.3, 0.4) is 0 Å². The molecule has 1 aliphatic rings. The van der Waals surface area contributed by atoms with Crippen LogP contribution in [0, 0.1) is 11.8 Å². The van der Waals surface area contributed by atoms with Gasteiger partial charge in [-0.3, -0.25) is 19.9 Å². The first-order valence-corrected chi connectivity index (χ1v) is 11.4. The largest absolute Gasteiger partial charge is 0.455 e. The van der Waals surface area contributed by atoms with Crippen LogP contribution < -0.4 is 10.0 Å². The third-order valence-electron chi connectivity index (χ3n) is 4.20. The fourth-order valence-corrected chi connectivity index (χ4v) is 4.53. The van der Waals surface area contributed by atoms with E-state index in [4.69, 9.17) is 4.42 Å². The van der Waals surface area contributed by atoms with Crippen LogP contribution in [0.15, 0.2) is 56.9 Å². The number of pyridine rings is 1. The van der Waals surface area contributed by atoms with Crippen molar-refractivity contribution in [2.24, 2.45) is 0 Å². The number of benzene rings is 1. The molecule has 0 unspecified atom stereocenters. The molecule has 2 N–H and O–H groups in total. The summed E-state index contributed by atoms with van der Waals surface area (Å²) < 4.78 is 32.3. The van der Waals surface area contributed by atoms with Crippen molar-refractivity contribution in [3.63, 3.8) is 0 Å². The van der Waals surface area contributed by atoms with Crippen molar-refractivity contribution in [1.82, 2.24) is 15.0 Å². The molecule has 156 valence electrons. The van der Waals surface area contributed by atoms with Crippen LogP contribution in [0.1, 0.15) is 23.8 Å². The number of thioether (sulfide) groups is 1. The van der Waals surface area contributed by atoms with E-state index < -0.39 is 21.2 Å². The Kier molecular flexibility index (Phi) is 5.65. The molecule has 0 aliphatic carbocycles. The highest BCUT2D eigenvalue weighted by atomic mass is 32.2. The van der Waals surface area contributed by atoms with Gasteiger partial charge in [-0.15, -0.1) is 0 Å². The first-order chi connectivity index (χ1) is 14.9. The Morgan fingerprint density at radius 1 is 1.19 bits per heavy atom. The van der Waals surface area contributed by atoms with Gasteiger partial charge in [-0.25, -0.2) is 13.1 Å². The predicted molar refractivity (Wildman–Crippen MR) is 116 cm³/mol. The average molecular weight is 454 g/mol. The molecule has 1 aliphatic heterocycles. The van der Waals surface area contributed by atoms with E-state index in [0.29, 0.717) is 34.4 Å². The van der Waals surface area contributed by atoms with Crippen LogP contribution in [0.25, 0.3) is 17.0 Å². The minimum absolute atomic E-state index is 0.166. The van der Waals surface area contributed by atoms with E-state index in [9.17, 15) is 18.0 Å². The van der Waals surface area contributed by atoms with Crippen molar-refractivity contribution in [2.45, 2.75) is 11.8 Å². The molecule has 0 atom stereocenters. The molecule has 1 aromatic carbocycles. The molecule has 3 heterocycles. The van der Waals surface area contributed by atoms with E-state index in [0.717, 1.165) is 11.8 Å². The van der Waals surface area contributed by atoms with Gasteiger partial charge in [-0.05, 0) is 42.1 Å². The predicted octanol–water partition coefficient (Wildman–Crippen LogP) is 2.85. The molecule has 0 bridgehead atoms. The van der Waals surface area contributed by atoms with Crippen LogP contribution in [0.5, 0.6) is 0 Å². The number of amides is 2. The summed E-state index contributed by atoms with van der Waals surface area (Å²) in [6.07, 6.45) is 4.66. The molecule has 31 heavy (non-hydrogen) atoms. The molecule has 2 amide bonds. The third kappa shape index (κ3) is 4.54. The highest BCUT2D eigenvalue weighted by Gasteiger charge is 2.25. The van der Waals surface area contributed by atoms with E-state index in [1.807, 2.05) is 0 Å². The maximum absolute atomic E-state index is 12.0. The highest BCUT2D eigenvalue weighted by Crippen LogP contribution is 2.28. The van der Waals surface area contributed by atoms with Crippen molar-refractivity contribution >= 4 is 50.0 Å². The van der Waals surface area contributed by atoms with Gasteiger partial charge < -0.3 is 4.42 Å². The van der Waals surface area contributed by atoms with Crippen molar-refractivity contribution < 1.29 is 22.4 Å². The number of rotatable bonds is 4. The summed E-state index contributed by atoms with van der Waals surface area (Å²) in [5.41, 5.74) is 1.65. The van der Waals surface area contributed by atoms with Gasteiger partial charge in [0.2, 0.25) is 10.0 Å². The summed E-state index contributed by atoms with van der Waals surface area (Å²) in [7, 11) is -3.52. The maximum atomic E-state index is 12.0. The molecule has 4 rings (SSSR count). The number of carbonyl (C=O) groups is 2. The smallest absolute Gasteiger partial charge is 0.290 e. The van der Waals surface area contributed by atoms with E-state index in [-0.39, 0.29) is 9.80 Å². The number of aromatic nitrogens is 1. The first kappa shape index (κ1) is 20.9. The molecule has 1 saturated heterocycles. The van der Waals surface area contributed by atoms with Gasteiger partial charge in [0.25, 0.3) is 11.1 Å². The second-order valence-corrected chi connectivity index (χ2v) is 9.16. The number of hydrogen-bond donors (Lipinski definition) is 2. The van der Waals surface area contributed by atoms with Crippen molar-refractivity contribution in [1.29, 1.82) is 0 Å². The second kappa shape index (κ2) is 8.39. The number of sulfonamides is 1. The van der Waals surface area contributed by atoms with Crippen molar-refractivity contribution in [3.8, 4) is 11.8 Å². The van der Waals surface area contributed by atoms with Crippen molar-refractivity contribution in [3.05, 3.63) is 64.5 Å². The minimum atomic E-state index is -3.52. The first-order valence-electron chi connectivity index (χ1n) is 9.10. The molecule has 10 heteroatoms. The lowest BCUT2D eigenvalue weighted by atomic mass is 10.2. The Balaban J connectivity index is 1.62. The van der Waals surface area contributed by atoms with Gasteiger partial charge in [-0.1, -0.05) is 18.8 Å². The highest BCUT2D eigenvalue weighted by molar-refractivity contribution is 8.18. The van der Waals surface area contributed by atoms with Crippen LogP contribution in [0.4, 0.5) is 4.79 Å². The van der Waals surface area contributed by atoms with Crippen LogP contribution in [0.2, 0.25) is 0 Å². The Bertz CT molecular complexity index is 1390. The van der Waals surface area contributed by atoms with Gasteiger partial charge in [0, 0.05) is 36.0 Å². The fourth-order valence-electron chi connectivity index (χ4n) is 2.82. The zero-order valence-electron chi connectivity index (χ0n) is 16.1. The number of imide groups is 1. The summed E-state index contributed by atoms with van der Waals surface area (Å²) in [6.45, 7) is 2.02. The van der Waals surface area contributed by atoms with Gasteiger partial charge in [0.1, 0.15) is 5.76 Å². The van der Waals surface area contributed by atoms with E-state index in [1.165, 1.54) is 18.2 Å². The Labute approximate surface area is 182 Å². The Morgan fingerprint density at radius 2 is 1.97 bits per heavy atom. The van der Waals surface area contributed by atoms with E-state index in [1.54, 1.807) is 37.5 Å². The summed E-state index contributed by atoms with van der Waals surface area (Å²) in [6, 6.07) is 7.93. The lowest BCUT2D eigenvalue weighted by molar-refractivity contribution is -0.115. The molecular formula is C21H15N3O5S2. The van der Waals surface area contributed by atoms with Gasteiger partial charge in [-0.2, -0.15) is 0 Å². The lowest BCUT2D eigenvalue weighted by Gasteiger charge is -2.03. The summed E-state index contributed by atoms with van der Waals surface area (Å²) in [4.78, 5) is 27.6. The van der Waals surface area contributed by atoms with Crippen LogP contribution in [-0.4, -0.2) is 31.1 Å². The third-order valence-corrected chi connectivity index (χ3v) is 6.57. The Morgan fingerprint density at radius 3 is 2.65 bits per heavy atom. The maximum Gasteiger partial charge on any atom is 0.290 e. The standard InChI is InChI=1S/C21H15N3O5S2/c1-2-23-31(27,28)17-7-4-13(5-8-17)3-6-14-11-22-12-15-9-16(29-19(14)15)10-18-20(25)24-21(26)30-18/h4-5,7-12,23H,2H2,1H3,(H,24,25,26)/b18-10-. The van der Waals surface area contributed by atoms with Crippen LogP contribution in [-0.2, 0) is 14.8 Å². The van der Waals surface area contributed by atoms with Crippen molar-refractivity contribution in [2.75, 3.05) is 6.54 Å². The van der Waals surface area contributed by atoms with Gasteiger partial charge >= 0.3 is 0 Å². The fraction of sp³-hybridized carbons (Fsp3) is 0.0952. The van der Waals surface area contributed by atoms with E-state index >= 15 is 0 Å². The number of fused-ring (bicyclic) bond motifs is 1. The lowest BCUT2D eigenvalue weighted by Crippen LogP contribution is -2.22. The molecule has 0 saturated carbocycles. The number of nitrogens with zero attached hydrogens (tertiary/aromatic N) is 1. The number of nitrogens with one attached hydrogen (secondary N) is 2. The Hall–Kier alpha value is -3.39. The molecule has 0 radical (unpaired) electrons. The molecule has 3 aromatic rings. The SMILES string of the molecule is CCNS(=O)(=O)c1ccc(C#Cc2cncc3cc(/C=C4\SC(=O)NC4=O)oc23)cc1. The van der Waals surface area contributed by atoms with Gasteiger partial charge in [0.05, 0.1) is 15.4 Å². The zero-order chi connectivity index (χ0) is 22.0. The zero-order valence-corrected chi connectivity index (χ0v) is 17.8. The van der Waals surface area contributed by atoms with Crippen LogP contribution >= 0.6 is 11.8 Å². The quantitative estimate of drug-likeness (QED) is 0.461. The topological polar surface area (TPSA) is 118 Å². The van der Waals surface area contributed by atoms with Gasteiger partial charge in [0.15, 0.2) is 5.58 Å². The molecule has 8 nitrogen and oxygen atoms in total. The monoisotopic (exact) mass is 453 g/mol. The molecular weight excluding hydrogens is 438 g/mol. The molecule has 0 spiro atoms. The minimum Gasteiger partial charge on any atom is -0.455 e. The summed E-state index contributed by atoms with van der Waals surface area (Å²) >= 11 is 0.807. The second-order valence-electron chi connectivity index (χ2n) is 6.38. The molecule has 1 fully saturated rings. The summed E-state index contributed by atoms with van der Waals surface area (Å²) in [5, 5.41) is 2.46. The average Bonchev–Trinajstić information content (AvgIpc) is 3.28.